The number of halogens is 3. The fraction of sp³-hybridized carbons (Fsp3) is 0.381. The second-order valence-electron chi connectivity index (χ2n) is 6.83. The SMILES string of the molecule is CNCCC1CCN(C(=O)c2ccc(-c3ccc(Cl)cc3)cc2F)CC1.Cl. The quantitative estimate of drug-likeness (QED) is 0.749. The van der Waals surface area contributed by atoms with E-state index in [0.29, 0.717) is 24.0 Å². The molecule has 0 atom stereocenters. The Morgan fingerprint density at radius 3 is 2.37 bits per heavy atom. The molecule has 1 heterocycles. The lowest BCUT2D eigenvalue weighted by Crippen LogP contribution is -2.39. The number of rotatable bonds is 5. The molecule has 1 aliphatic heterocycles. The third-order valence-electron chi connectivity index (χ3n) is 5.08. The van der Waals surface area contributed by atoms with E-state index in [1.54, 1.807) is 29.2 Å². The van der Waals surface area contributed by atoms with E-state index in [2.05, 4.69) is 5.32 Å². The molecule has 1 saturated heterocycles. The standard InChI is InChI=1S/C21H24ClFN2O.ClH/c1-24-11-8-15-9-12-25(13-10-15)21(26)19-7-4-17(14-20(19)23)16-2-5-18(22)6-3-16;/h2-7,14-15,24H,8-13H2,1H3;1H. The Kier molecular flexibility index (Phi) is 8.08. The molecule has 0 radical (unpaired) electrons. The molecule has 2 aromatic carbocycles. The van der Waals surface area contributed by atoms with E-state index >= 15 is 0 Å². The Hall–Kier alpha value is -1.62. The van der Waals surface area contributed by atoms with Gasteiger partial charge in [-0.25, -0.2) is 4.39 Å². The van der Waals surface area contributed by atoms with Crippen LogP contribution in [-0.2, 0) is 0 Å². The number of carbonyl (C=O) groups excluding carboxylic acids is 1. The predicted octanol–water partition coefficient (Wildman–Crippen LogP) is 5.03. The molecule has 146 valence electrons. The number of nitrogens with zero attached hydrogens (tertiary/aromatic N) is 1. The number of likely N-dealkylation sites (tertiary alicyclic amines) is 1. The lowest BCUT2D eigenvalue weighted by Gasteiger charge is -2.32. The van der Waals surface area contributed by atoms with Crippen molar-refractivity contribution in [2.24, 2.45) is 5.92 Å². The van der Waals surface area contributed by atoms with Gasteiger partial charge < -0.3 is 10.2 Å². The van der Waals surface area contributed by atoms with Gasteiger partial charge in [-0.1, -0.05) is 29.8 Å². The molecular formula is C21H25Cl2FN2O. The van der Waals surface area contributed by atoms with Gasteiger partial charge in [0.25, 0.3) is 5.91 Å². The second-order valence-corrected chi connectivity index (χ2v) is 7.27. The van der Waals surface area contributed by atoms with Crippen molar-refractivity contribution in [3.05, 3.63) is 58.9 Å². The Balaban J connectivity index is 0.00000261. The normalized spacial score (nSPS) is 14.7. The van der Waals surface area contributed by atoms with Gasteiger partial charge in [-0.15, -0.1) is 12.4 Å². The average Bonchev–Trinajstić information content (AvgIpc) is 2.67. The number of hydrogen-bond donors (Lipinski definition) is 1. The fourth-order valence-electron chi connectivity index (χ4n) is 3.45. The van der Waals surface area contributed by atoms with Crippen LogP contribution in [0.3, 0.4) is 0 Å². The Morgan fingerprint density at radius 2 is 1.78 bits per heavy atom. The van der Waals surface area contributed by atoms with E-state index in [9.17, 15) is 9.18 Å². The highest BCUT2D eigenvalue weighted by Crippen LogP contribution is 2.26. The lowest BCUT2D eigenvalue weighted by atomic mass is 9.93. The maximum atomic E-state index is 14.6. The van der Waals surface area contributed by atoms with Crippen molar-refractivity contribution in [3.63, 3.8) is 0 Å². The molecule has 3 rings (SSSR count). The zero-order valence-electron chi connectivity index (χ0n) is 15.4. The largest absolute Gasteiger partial charge is 0.339 e. The number of hydrogen-bond acceptors (Lipinski definition) is 2. The van der Waals surface area contributed by atoms with Gasteiger partial charge in [0.15, 0.2) is 0 Å². The molecule has 1 fully saturated rings. The molecule has 0 spiro atoms. The summed E-state index contributed by atoms with van der Waals surface area (Å²) in [6, 6.07) is 12.0. The van der Waals surface area contributed by atoms with Crippen molar-refractivity contribution in [3.8, 4) is 11.1 Å². The molecule has 0 aliphatic carbocycles. The van der Waals surface area contributed by atoms with Crippen LogP contribution in [0, 0.1) is 11.7 Å². The summed E-state index contributed by atoms with van der Waals surface area (Å²) in [5.41, 5.74) is 1.76. The predicted molar refractivity (Wildman–Crippen MR) is 111 cm³/mol. The summed E-state index contributed by atoms with van der Waals surface area (Å²) in [5, 5.41) is 3.80. The first kappa shape index (κ1) is 21.7. The summed E-state index contributed by atoms with van der Waals surface area (Å²) in [6.45, 7) is 2.40. The molecule has 3 nitrogen and oxygen atoms in total. The van der Waals surface area contributed by atoms with Gasteiger partial charge >= 0.3 is 0 Å². The van der Waals surface area contributed by atoms with Crippen LogP contribution in [0.1, 0.15) is 29.6 Å². The third kappa shape index (κ3) is 5.44. The van der Waals surface area contributed by atoms with Gasteiger partial charge in [0.1, 0.15) is 5.82 Å². The Bertz CT molecular complexity index is 759. The second kappa shape index (κ2) is 10.1. The van der Waals surface area contributed by atoms with E-state index in [-0.39, 0.29) is 23.9 Å². The van der Waals surface area contributed by atoms with E-state index in [1.165, 1.54) is 6.07 Å². The van der Waals surface area contributed by atoms with Gasteiger partial charge in [-0.3, -0.25) is 4.79 Å². The first-order valence-electron chi connectivity index (χ1n) is 9.08. The third-order valence-corrected chi connectivity index (χ3v) is 5.33. The number of nitrogens with one attached hydrogen (secondary N) is 1. The zero-order valence-corrected chi connectivity index (χ0v) is 17.0. The van der Waals surface area contributed by atoms with Crippen LogP contribution in [0.25, 0.3) is 11.1 Å². The molecule has 0 bridgehead atoms. The van der Waals surface area contributed by atoms with Crippen LogP contribution in [-0.4, -0.2) is 37.5 Å². The van der Waals surface area contributed by atoms with Crippen molar-refractivity contribution < 1.29 is 9.18 Å². The maximum absolute atomic E-state index is 14.6. The van der Waals surface area contributed by atoms with Crippen molar-refractivity contribution in [2.45, 2.75) is 19.3 Å². The summed E-state index contributed by atoms with van der Waals surface area (Å²) in [7, 11) is 1.95. The van der Waals surface area contributed by atoms with Gasteiger partial charge in [0.05, 0.1) is 5.56 Å². The molecule has 0 aromatic heterocycles. The smallest absolute Gasteiger partial charge is 0.256 e. The molecular weight excluding hydrogens is 386 g/mol. The first-order valence-corrected chi connectivity index (χ1v) is 9.45. The molecule has 0 saturated carbocycles. The summed E-state index contributed by atoms with van der Waals surface area (Å²) < 4.78 is 14.6. The minimum atomic E-state index is -0.472. The Labute approximate surface area is 171 Å². The van der Waals surface area contributed by atoms with Crippen molar-refractivity contribution in [1.29, 1.82) is 0 Å². The van der Waals surface area contributed by atoms with Crippen LogP contribution in [0.2, 0.25) is 5.02 Å². The summed E-state index contributed by atoms with van der Waals surface area (Å²) in [6.07, 6.45) is 3.10. The molecule has 6 heteroatoms. The van der Waals surface area contributed by atoms with Gasteiger partial charge in [0.2, 0.25) is 0 Å². The van der Waals surface area contributed by atoms with Crippen LogP contribution < -0.4 is 5.32 Å². The molecule has 1 amide bonds. The van der Waals surface area contributed by atoms with Crippen LogP contribution >= 0.6 is 24.0 Å². The lowest BCUT2D eigenvalue weighted by molar-refractivity contribution is 0.0682. The minimum Gasteiger partial charge on any atom is -0.339 e. The van der Waals surface area contributed by atoms with Crippen molar-refractivity contribution >= 4 is 29.9 Å². The maximum Gasteiger partial charge on any atom is 0.256 e. The summed E-state index contributed by atoms with van der Waals surface area (Å²) in [4.78, 5) is 14.5. The van der Waals surface area contributed by atoms with Crippen LogP contribution in [0.15, 0.2) is 42.5 Å². The highest BCUT2D eigenvalue weighted by atomic mass is 35.5. The van der Waals surface area contributed by atoms with Crippen LogP contribution in [0.4, 0.5) is 4.39 Å². The monoisotopic (exact) mass is 410 g/mol. The average molecular weight is 411 g/mol. The summed E-state index contributed by atoms with van der Waals surface area (Å²) in [5.74, 6) is -0.0411. The molecule has 0 unspecified atom stereocenters. The zero-order chi connectivity index (χ0) is 18.5. The van der Waals surface area contributed by atoms with E-state index in [1.807, 2.05) is 19.2 Å². The Morgan fingerprint density at radius 1 is 1.15 bits per heavy atom. The first-order chi connectivity index (χ1) is 12.6. The van der Waals surface area contributed by atoms with Crippen molar-refractivity contribution in [1.82, 2.24) is 10.2 Å². The number of benzene rings is 2. The topological polar surface area (TPSA) is 32.3 Å². The van der Waals surface area contributed by atoms with E-state index < -0.39 is 5.82 Å². The molecule has 1 aliphatic rings. The highest BCUT2D eigenvalue weighted by Gasteiger charge is 2.25. The van der Waals surface area contributed by atoms with Gasteiger partial charge in [-0.05, 0) is 74.2 Å². The van der Waals surface area contributed by atoms with E-state index in [4.69, 9.17) is 11.6 Å². The van der Waals surface area contributed by atoms with E-state index in [0.717, 1.165) is 36.9 Å². The molecule has 27 heavy (non-hydrogen) atoms. The minimum absolute atomic E-state index is 0. The van der Waals surface area contributed by atoms with Gasteiger partial charge in [0, 0.05) is 18.1 Å². The number of carbonyl (C=O) groups is 1. The highest BCUT2D eigenvalue weighted by molar-refractivity contribution is 6.30. The van der Waals surface area contributed by atoms with Gasteiger partial charge in [-0.2, -0.15) is 0 Å². The summed E-state index contributed by atoms with van der Waals surface area (Å²) >= 11 is 5.89. The number of piperidine rings is 1. The molecule has 2 aromatic rings. The van der Waals surface area contributed by atoms with Crippen molar-refractivity contribution in [2.75, 3.05) is 26.7 Å². The fourth-order valence-corrected chi connectivity index (χ4v) is 3.58. The number of amides is 1. The van der Waals surface area contributed by atoms with Crippen LogP contribution in [0.5, 0.6) is 0 Å². The molecule has 1 N–H and O–H groups in total.